The minimum absolute atomic E-state index is 0.140. The average Bonchev–Trinajstić information content (AvgIpc) is 2.10. The summed E-state index contributed by atoms with van der Waals surface area (Å²) in [4.78, 5) is 12.7. The standard InChI is InChI=1S/C7H17N3O2/c1-10(5-6-12-2)4-3-7(11)9-8/h3-6,8H2,1-2H3,(H,9,11). The van der Waals surface area contributed by atoms with Gasteiger partial charge in [0.1, 0.15) is 0 Å². The molecule has 3 N–H and O–H groups in total. The van der Waals surface area contributed by atoms with Gasteiger partial charge in [0.25, 0.3) is 0 Å². The minimum Gasteiger partial charge on any atom is -0.383 e. The molecule has 0 aliphatic heterocycles. The van der Waals surface area contributed by atoms with Crippen LogP contribution in [0.1, 0.15) is 6.42 Å². The van der Waals surface area contributed by atoms with Crippen LogP contribution in [0.15, 0.2) is 0 Å². The summed E-state index contributed by atoms with van der Waals surface area (Å²) in [5.74, 6) is 4.78. The van der Waals surface area contributed by atoms with Crippen LogP contribution in [0.2, 0.25) is 0 Å². The van der Waals surface area contributed by atoms with Crippen LogP contribution < -0.4 is 11.3 Å². The molecule has 12 heavy (non-hydrogen) atoms. The fraction of sp³-hybridized carbons (Fsp3) is 0.857. The molecule has 72 valence electrons. The van der Waals surface area contributed by atoms with Crippen LogP contribution in [-0.2, 0) is 9.53 Å². The first-order valence-electron chi connectivity index (χ1n) is 3.87. The van der Waals surface area contributed by atoms with Gasteiger partial charge in [-0.15, -0.1) is 0 Å². The van der Waals surface area contributed by atoms with E-state index >= 15 is 0 Å². The van der Waals surface area contributed by atoms with Crippen molar-refractivity contribution in [1.82, 2.24) is 10.3 Å². The third-order valence-electron chi connectivity index (χ3n) is 1.56. The molecule has 5 heteroatoms. The van der Waals surface area contributed by atoms with Crippen LogP contribution in [-0.4, -0.2) is 44.7 Å². The molecule has 0 atom stereocenters. The number of ether oxygens (including phenoxy) is 1. The van der Waals surface area contributed by atoms with E-state index in [9.17, 15) is 4.79 Å². The summed E-state index contributed by atoms with van der Waals surface area (Å²) in [6.45, 7) is 2.21. The number of hydrogen-bond donors (Lipinski definition) is 2. The van der Waals surface area contributed by atoms with Crippen molar-refractivity contribution in [1.29, 1.82) is 0 Å². The van der Waals surface area contributed by atoms with Crippen LogP contribution in [0.3, 0.4) is 0 Å². The highest BCUT2D eigenvalue weighted by Crippen LogP contribution is 1.86. The molecule has 0 saturated carbocycles. The molecule has 0 fully saturated rings. The second kappa shape index (κ2) is 7.02. The van der Waals surface area contributed by atoms with Crippen LogP contribution in [0.5, 0.6) is 0 Å². The summed E-state index contributed by atoms with van der Waals surface area (Å²) in [7, 11) is 3.59. The van der Waals surface area contributed by atoms with Gasteiger partial charge in [-0.3, -0.25) is 10.2 Å². The number of likely N-dealkylation sites (N-methyl/N-ethyl adjacent to an activating group) is 1. The quantitative estimate of drug-likeness (QED) is 0.307. The van der Waals surface area contributed by atoms with Crippen LogP contribution >= 0.6 is 0 Å². The molecule has 0 aliphatic carbocycles. The number of amides is 1. The Kier molecular flexibility index (Phi) is 6.64. The molecule has 0 rings (SSSR count). The summed E-state index contributed by atoms with van der Waals surface area (Å²) in [5.41, 5.74) is 2.08. The van der Waals surface area contributed by atoms with E-state index in [2.05, 4.69) is 5.43 Å². The highest BCUT2D eigenvalue weighted by molar-refractivity contribution is 5.75. The number of carbonyl (C=O) groups is 1. The molecule has 0 bridgehead atoms. The molecule has 0 saturated heterocycles. The van der Waals surface area contributed by atoms with Crippen LogP contribution in [0, 0.1) is 0 Å². The Morgan fingerprint density at radius 2 is 2.25 bits per heavy atom. The predicted octanol–water partition coefficient (Wildman–Crippen LogP) is -1.06. The lowest BCUT2D eigenvalue weighted by molar-refractivity contribution is -0.121. The Balaban J connectivity index is 3.30. The zero-order chi connectivity index (χ0) is 9.40. The van der Waals surface area contributed by atoms with Crippen molar-refractivity contribution in [2.24, 2.45) is 5.84 Å². The third kappa shape index (κ3) is 6.09. The topological polar surface area (TPSA) is 67.6 Å². The smallest absolute Gasteiger partial charge is 0.235 e. The zero-order valence-electron chi connectivity index (χ0n) is 7.67. The summed E-state index contributed by atoms with van der Waals surface area (Å²) < 4.78 is 4.88. The highest BCUT2D eigenvalue weighted by atomic mass is 16.5. The van der Waals surface area contributed by atoms with E-state index in [1.54, 1.807) is 7.11 Å². The largest absolute Gasteiger partial charge is 0.383 e. The first-order valence-corrected chi connectivity index (χ1v) is 3.87. The normalized spacial score (nSPS) is 10.3. The number of methoxy groups -OCH3 is 1. The molecule has 0 radical (unpaired) electrons. The summed E-state index contributed by atoms with van der Waals surface area (Å²) >= 11 is 0. The fourth-order valence-corrected chi connectivity index (χ4v) is 0.724. The van der Waals surface area contributed by atoms with Gasteiger partial charge < -0.3 is 9.64 Å². The van der Waals surface area contributed by atoms with Crippen molar-refractivity contribution >= 4 is 5.91 Å². The number of nitrogens with one attached hydrogen (secondary N) is 1. The fourth-order valence-electron chi connectivity index (χ4n) is 0.724. The molecule has 0 spiro atoms. The van der Waals surface area contributed by atoms with Gasteiger partial charge in [-0.25, -0.2) is 5.84 Å². The van der Waals surface area contributed by atoms with E-state index in [4.69, 9.17) is 10.6 Å². The third-order valence-corrected chi connectivity index (χ3v) is 1.56. The van der Waals surface area contributed by atoms with Crippen molar-refractivity contribution in [3.8, 4) is 0 Å². The Bertz CT molecular complexity index is 130. The number of carbonyl (C=O) groups excluding carboxylic acids is 1. The highest BCUT2D eigenvalue weighted by Gasteiger charge is 2.01. The Morgan fingerprint density at radius 3 is 2.75 bits per heavy atom. The first kappa shape index (κ1) is 11.4. The van der Waals surface area contributed by atoms with Gasteiger partial charge in [0.15, 0.2) is 0 Å². The van der Waals surface area contributed by atoms with E-state index < -0.39 is 0 Å². The van der Waals surface area contributed by atoms with E-state index in [0.717, 1.165) is 6.54 Å². The van der Waals surface area contributed by atoms with Crippen LogP contribution in [0.25, 0.3) is 0 Å². The molecule has 0 aromatic heterocycles. The molecule has 5 nitrogen and oxygen atoms in total. The molecular weight excluding hydrogens is 158 g/mol. The van der Waals surface area contributed by atoms with Crippen molar-refractivity contribution < 1.29 is 9.53 Å². The second-order valence-corrected chi connectivity index (χ2v) is 2.61. The van der Waals surface area contributed by atoms with Gasteiger partial charge in [-0.1, -0.05) is 0 Å². The molecular formula is C7H17N3O2. The van der Waals surface area contributed by atoms with Crippen molar-refractivity contribution in [2.45, 2.75) is 6.42 Å². The summed E-state index contributed by atoms with van der Waals surface area (Å²) in [6.07, 6.45) is 0.427. The molecule has 0 heterocycles. The van der Waals surface area contributed by atoms with Crippen molar-refractivity contribution in [2.75, 3.05) is 33.9 Å². The number of nitrogens with zero attached hydrogens (tertiary/aromatic N) is 1. The molecule has 1 amide bonds. The summed E-state index contributed by atoms with van der Waals surface area (Å²) in [5, 5.41) is 0. The van der Waals surface area contributed by atoms with E-state index in [-0.39, 0.29) is 5.91 Å². The monoisotopic (exact) mass is 175 g/mol. The molecule has 0 aliphatic rings. The molecule has 0 aromatic rings. The predicted molar refractivity (Wildman–Crippen MR) is 46.3 cm³/mol. The second-order valence-electron chi connectivity index (χ2n) is 2.61. The zero-order valence-corrected chi connectivity index (χ0v) is 7.67. The van der Waals surface area contributed by atoms with E-state index in [1.165, 1.54) is 0 Å². The minimum atomic E-state index is -0.140. The number of hydrogen-bond acceptors (Lipinski definition) is 4. The lowest BCUT2D eigenvalue weighted by Gasteiger charge is -2.14. The van der Waals surface area contributed by atoms with Gasteiger partial charge in [-0.05, 0) is 7.05 Å². The van der Waals surface area contributed by atoms with Gasteiger partial charge in [-0.2, -0.15) is 0 Å². The van der Waals surface area contributed by atoms with Gasteiger partial charge in [0, 0.05) is 26.6 Å². The number of hydrazine groups is 1. The van der Waals surface area contributed by atoms with E-state index in [1.807, 2.05) is 11.9 Å². The van der Waals surface area contributed by atoms with Gasteiger partial charge in [0.2, 0.25) is 5.91 Å². The Labute approximate surface area is 72.8 Å². The summed E-state index contributed by atoms with van der Waals surface area (Å²) in [6, 6.07) is 0. The Hall–Kier alpha value is -0.650. The molecule has 0 unspecified atom stereocenters. The van der Waals surface area contributed by atoms with Crippen molar-refractivity contribution in [3.05, 3.63) is 0 Å². The Morgan fingerprint density at radius 1 is 1.58 bits per heavy atom. The van der Waals surface area contributed by atoms with Crippen molar-refractivity contribution in [3.63, 3.8) is 0 Å². The maximum absolute atomic E-state index is 10.7. The van der Waals surface area contributed by atoms with Crippen LogP contribution in [0.4, 0.5) is 0 Å². The first-order chi connectivity index (χ1) is 5.70. The van der Waals surface area contributed by atoms with Gasteiger partial charge >= 0.3 is 0 Å². The maximum atomic E-state index is 10.7. The lowest BCUT2D eigenvalue weighted by Crippen LogP contribution is -2.34. The number of nitrogens with two attached hydrogens (primary N) is 1. The number of rotatable bonds is 6. The SMILES string of the molecule is COCCN(C)CCC(=O)NN. The van der Waals surface area contributed by atoms with E-state index in [0.29, 0.717) is 19.6 Å². The average molecular weight is 175 g/mol. The molecule has 0 aromatic carbocycles. The van der Waals surface area contributed by atoms with Gasteiger partial charge in [0.05, 0.1) is 6.61 Å². The lowest BCUT2D eigenvalue weighted by atomic mass is 10.4. The maximum Gasteiger partial charge on any atom is 0.235 e.